The van der Waals surface area contributed by atoms with Crippen molar-refractivity contribution in [2.75, 3.05) is 0 Å². The third-order valence-electron chi connectivity index (χ3n) is 3.33. The second-order valence-corrected chi connectivity index (χ2v) is 4.57. The summed E-state index contributed by atoms with van der Waals surface area (Å²) in [6.45, 7) is 6.56. The van der Waals surface area contributed by atoms with Gasteiger partial charge in [0.25, 0.3) is 0 Å². The summed E-state index contributed by atoms with van der Waals surface area (Å²) in [6.07, 6.45) is 0.597. The van der Waals surface area contributed by atoms with Crippen molar-refractivity contribution in [3.05, 3.63) is 46.3 Å². The Bertz CT molecular complexity index is 597. The van der Waals surface area contributed by atoms with Crippen LogP contribution in [0.5, 0.6) is 0 Å². The maximum absolute atomic E-state index is 11.1. The molecule has 100 valence electrons. The van der Waals surface area contributed by atoms with Crippen LogP contribution >= 0.6 is 0 Å². The topological polar surface area (TPSA) is 68.0 Å². The van der Waals surface area contributed by atoms with Gasteiger partial charge in [-0.05, 0) is 37.0 Å². The lowest BCUT2D eigenvalue weighted by Crippen LogP contribution is -2.10. The molecule has 1 heterocycles. The molecule has 0 aliphatic carbocycles. The molecule has 2 aromatic rings. The number of aromatic carboxylic acids is 1. The summed E-state index contributed by atoms with van der Waals surface area (Å²) in [5.74, 6) is -1.02. The van der Waals surface area contributed by atoms with E-state index in [-0.39, 0.29) is 5.69 Å². The van der Waals surface area contributed by atoms with Gasteiger partial charge in [0.05, 0.1) is 12.2 Å². The Balaban J connectivity index is 2.42. The smallest absolute Gasteiger partial charge is 0.358 e. The van der Waals surface area contributed by atoms with Crippen LogP contribution in [0.3, 0.4) is 0 Å². The molecular weight excluding hydrogens is 242 g/mol. The molecule has 0 radical (unpaired) electrons. The van der Waals surface area contributed by atoms with E-state index in [0.29, 0.717) is 18.7 Å². The quantitative estimate of drug-likeness (QED) is 0.914. The molecule has 0 amide bonds. The predicted molar refractivity (Wildman–Crippen MR) is 71.4 cm³/mol. The summed E-state index contributed by atoms with van der Waals surface area (Å²) in [5, 5.41) is 16.8. The monoisotopic (exact) mass is 259 g/mol. The largest absolute Gasteiger partial charge is 0.476 e. The molecule has 5 nitrogen and oxygen atoms in total. The molecule has 2 rings (SSSR count). The van der Waals surface area contributed by atoms with Crippen molar-refractivity contribution in [2.24, 2.45) is 0 Å². The van der Waals surface area contributed by atoms with Crippen LogP contribution in [0.1, 0.15) is 39.8 Å². The minimum absolute atomic E-state index is 0.0498. The average molecular weight is 259 g/mol. The molecule has 0 spiro atoms. The normalized spacial score (nSPS) is 10.7. The maximum atomic E-state index is 11.1. The van der Waals surface area contributed by atoms with Gasteiger partial charge in [0, 0.05) is 0 Å². The Morgan fingerprint density at radius 3 is 2.47 bits per heavy atom. The van der Waals surface area contributed by atoms with Gasteiger partial charge >= 0.3 is 5.97 Å². The molecule has 0 unspecified atom stereocenters. The van der Waals surface area contributed by atoms with Crippen LogP contribution in [0.15, 0.2) is 18.2 Å². The first-order chi connectivity index (χ1) is 9.04. The second-order valence-electron chi connectivity index (χ2n) is 4.57. The van der Waals surface area contributed by atoms with Crippen molar-refractivity contribution in [3.63, 3.8) is 0 Å². The van der Waals surface area contributed by atoms with Crippen LogP contribution in [0.2, 0.25) is 0 Å². The molecule has 1 aromatic heterocycles. The highest BCUT2D eigenvalue weighted by Crippen LogP contribution is 2.16. The fourth-order valence-corrected chi connectivity index (χ4v) is 2.22. The minimum Gasteiger partial charge on any atom is -0.476 e. The third-order valence-corrected chi connectivity index (χ3v) is 3.33. The van der Waals surface area contributed by atoms with E-state index in [1.807, 2.05) is 39.0 Å². The van der Waals surface area contributed by atoms with Crippen molar-refractivity contribution in [2.45, 2.75) is 33.7 Å². The fourth-order valence-electron chi connectivity index (χ4n) is 2.22. The van der Waals surface area contributed by atoms with E-state index in [9.17, 15) is 4.79 Å². The molecule has 0 aliphatic heterocycles. The first-order valence-electron chi connectivity index (χ1n) is 6.25. The number of carbonyl (C=O) groups is 1. The number of aromatic nitrogens is 3. The van der Waals surface area contributed by atoms with Crippen molar-refractivity contribution in [3.8, 4) is 0 Å². The van der Waals surface area contributed by atoms with Crippen LogP contribution < -0.4 is 0 Å². The Hall–Kier alpha value is -2.17. The summed E-state index contributed by atoms with van der Waals surface area (Å²) in [6, 6.07) is 6.10. The lowest BCUT2D eigenvalue weighted by atomic mass is 10.0. The number of nitrogens with zero attached hydrogens (tertiary/aromatic N) is 3. The standard InChI is InChI=1S/C14H17N3O2/c1-4-12-13(14(18)19)15-16-17(12)8-11-9(2)6-5-7-10(11)3/h5-7H,4,8H2,1-3H3,(H,18,19). The lowest BCUT2D eigenvalue weighted by Gasteiger charge is -2.11. The number of hydrogen-bond acceptors (Lipinski definition) is 3. The molecule has 5 heteroatoms. The molecule has 1 aromatic carbocycles. The van der Waals surface area contributed by atoms with E-state index in [4.69, 9.17) is 5.11 Å². The van der Waals surface area contributed by atoms with Gasteiger partial charge in [0.15, 0.2) is 5.69 Å². The fraction of sp³-hybridized carbons (Fsp3) is 0.357. The lowest BCUT2D eigenvalue weighted by molar-refractivity contribution is 0.0689. The van der Waals surface area contributed by atoms with Crippen molar-refractivity contribution < 1.29 is 9.90 Å². The van der Waals surface area contributed by atoms with Crippen molar-refractivity contribution >= 4 is 5.97 Å². The van der Waals surface area contributed by atoms with Gasteiger partial charge in [-0.2, -0.15) is 0 Å². The number of carboxylic acid groups (broad SMARTS) is 1. The van der Waals surface area contributed by atoms with Gasteiger partial charge in [-0.25, -0.2) is 9.48 Å². The Labute approximate surface area is 111 Å². The molecule has 0 aliphatic rings. The van der Waals surface area contributed by atoms with Gasteiger partial charge in [0.1, 0.15) is 0 Å². The summed E-state index contributed by atoms with van der Waals surface area (Å²) in [7, 11) is 0. The zero-order chi connectivity index (χ0) is 14.0. The van der Waals surface area contributed by atoms with Crippen LogP contribution in [0, 0.1) is 13.8 Å². The number of benzene rings is 1. The maximum Gasteiger partial charge on any atom is 0.358 e. The summed E-state index contributed by atoms with van der Waals surface area (Å²) >= 11 is 0. The first-order valence-corrected chi connectivity index (χ1v) is 6.25. The van der Waals surface area contributed by atoms with E-state index in [1.165, 1.54) is 16.7 Å². The second kappa shape index (κ2) is 5.22. The Morgan fingerprint density at radius 1 is 1.32 bits per heavy atom. The molecule has 0 saturated heterocycles. The van der Waals surface area contributed by atoms with Gasteiger partial charge < -0.3 is 5.11 Å². The van der Waals surface area contributed by atoms with E-state index in [2.05, 4.69) is 10.3 Å². The zero-order valence-corrected chi connectivity index (χ0v) is 11.3. The van der Waals surface area contributed by atoms with E-state index >= 15 is 0 Å². The highest BCUT2D eigenvalue weighted by Gasteiger charge is 2.18. The van der Waals surface area contributed by atoms with Crippen LogP contribution in [-0.2, 0) is 13.0 Å². The van der Waals surface area contributed by atoms with Crippen LogP contribution in [0.25, 0.3) is 0 Å². The molecule has 0 atom stereocenters. The predicted octanol–water partition coefficient (Wildman–Crippen LogP) is 2.20. The molecule has 0 saturated carbocycles. The first kappa shape index (κ1) is 13.3. The minimum atomic E-state index is -1.02. The third kappa shape index (κ3) is 2.50. The van der Waals surface area contributed by atoms with E-state index in [0.717, 1.165) is 0 Å². The molecule has 0 fully saturated rings. The van der Waals surface area contributed by atoms with Crippen molar-refractivity contribution in [1.29, 1.82) is 0 Å². The summed E-state index contributed by atoms with van der Waals surface area (Å²) in [4.78, 5) is 11.1. The van der Waals surface area contributed by atoms with E-state index in [1.54, 1.807) is 4.68 Å². The highest BCUT2D eigenvalue weighted by atomic mass is 16.4. The summed E-state index contributed by atoms with van der Waals surface area (Å²) in [5.41, 5.74) is 4.23. The Morgan fingerprint density at radius 2 is 1.95 bits per heavy atom. The number of hydrogen-bond donors (Lipinski definition) is 1. The number of aryl methyl sites for hydroxylation is 2. The average Bonchev–Trinajstić information content (AvgIpc) is 2.77. The van der Waals surface area contributed by atoms with Gasteiger partial charge in [-0.1, -0.05) is 30.3 Å². The van der Waals surface area contributed by atoms with Gasteiger partial charge in [-0.3, -0.25) is 0 Å². The highest BCUT2D eigenvalue weighted by molar-refractivity contribution is 5.86. The number of carboxylic acids is 1. The zero-order valence-electron chi connectivity index (χ0n) is 11.3. The molecule has 1 N–H and O–H groups in total. The number of rotatable bonds is 4. The van der Waals surface area contributed by atoms with Crippen molar-refractivity contribution in [1.82, 2.24) is 15.0 Å². The van der Waals surface area contributed by atoms with Gasteiger partial charge in [-0.15, -0.1) is 5.10 Å². The SMILES string of the molecule is CCc1c(C(=O)O)nnn1Cc1c(C)cccc1C. The van der Waals surface area contributed by atoms with Crippen LogP contribution in [0.4, 0.5) is 0 Å². The van der Waals surface area contributed by atoms with Gasteiger partial charge in [0.2, 0.25) is 0 Å². The van der Waals surface area contributed by atoms with Crippen LogP contribution in [-0.4, -0.2) is 26.1 Å². The molecular formula is C14H17N3O2. The summed E-state index contributed by atoms with van der Waals surface area (Å²) < 4.78 is 1.68. The molecule has 19 heavy (non-hydrogen) atoms. The Kier molecular flexibility index (Phi) is 3.64. The molecule has 0 bridgehead atoms. The van der Waals surface area contributed by atoms with E-state index < -0.39 is 5.97 Å².